The van der Waals surface area contributed by atoms with Crippen molar-refractivity contribution in [2.24, 2.45) is 5.73 Å². The van der Waals surface area contributed by atoms with Gasteiger partial charge in [0.1, 0.15) is 5.75 Å². The zero-order chi connectivity index (χ0) is 11.3. The van der Waals surface area contributed by atoms with Crippen LogP contribution in [0.1, 0.15) is 0 Å². The Labute approximate surface area is 90.7 Å². The molecule has 0 saturated carbocycles. The molecule has 1 aromatic rings. The molecule has 4 N–H and O–H groups in total. The summed E-state index contributed by atoms with van der Waals surface area (Å²) in [6, 6.07) is 6.33. The minimum atomic E-state index is -0.609. The van der Waals surface area contributed by atoms with Gasteiger partial charge in [0.15, 0.2) is 0 Å². The van der Waals surface area contributed by atoms with E-state index in [1.54, 1.807) is 18.2 Å². The van der Waals surface area contributed by atoms with E-state index in [4.69, 9.17) is 5.73 Å². The average molecular weight is 226 g/mol. The van der Waals surface area contributed by atoms with Gasteiger partial charge in [-0.25, -0.2) is 0 Å². The highest BCUT2D eigenvalue weighted by Crippen LogP contribution is 2.21. The fourth-order valence-corrected chi connectivity index (χ4v) is 1.25. The molecule has 0 radical (unpaired) electrons. The molecule has 0 heterocycles. The number of phenols is 1. The van der Waals surface area contributed by atoms with Crippen molar-refractivity contribution >= 4 is 28.6 Å². The average Bonchev–Trinajstić information content (AvgIpc) is 2.18. The number of thioether (sulfide) groups is 1. The lowest BCUT2D eigenvalue weighted by Gasteiger charge is -2.05. The Kier molecular flexibility index (Phi) is 3.99. The SMILES string of the molecule is NC(=O)SCC(=O)Nc1ccccc1O. The zero-order valence-electron chi connectivity index (χ0n) is 7.77. The van der Waals surface area contributed by atoms with Crippen LogP contribution in [-0.2, 0) is 4.79 Å². The van der Waals surface area contributed by atoms with E-state index in [1.807, 2.05) is 0 Å². The summed E-state index contributed by atoms with van der Waals surface area (Å²) in [4.78, 5) is 21.6. The molecule has 2 amide bonds. The quantitative estimate of drug-likeness (QED) is 0.674. The van der Waals surface area contributed by atoms with Gasteiger partial charge in [-0.1, -0.05) is 23.9 Å². The van der Waals surface area contributed by atoms with E-state index < -0.39 is 5.24 Å². The maximum atomic E-state index is 11.2. The standard InChI is InChI=1S/C9H10N2O3S/c10-9(14)15-5-8(13)11-6-3-1-2-4-7(6)12/h1-4,12H,5H2,(H2,10,14)(H,11,13). The Morgan fingerprint density at radius 1 is 1.40 bits per heavy atom. The monoisotopic (exact) mass is 226 g/mol. The molecule has 0 bridgehead atoms. The Hall–Kier alpha value is -1.69. The van der Waals surface area contributed by atoms with Crippen LogP contribution in [0.15, 0.2) is 24.3 Å². The maximum absolute atomic E-state index is 11.2. The molecule has 0 aromatic heterocycles. The van der Waals surface area contributed by atoms with Gasteiger partial charge in [-0.3, -0.25) is 9.59 Å². The highest BCUT2D eigenvalue weighted by atomic mass is 32.2. The number of benzene rings is 1. The van der Waals surface area contributed by atoms with Gasteiger partial charge in [-0.05, 0) is 12.1 Å². The predicted octanol–water partition coefficient (Wildman–Crippen LogP) is 1.14. The second kappa shape index (κ2) is 5.26. The van der Waals surface area contributed by atoms with Crippen LogP contribution < -0.4 is 11.1 Å². The normalized spacial score (nSPS) is 9.60. The van der Waals surface area contributed by atoms with E-state index >= 15 is 0 Å². The summed E-state index contributed by atoms with van der Waals surface area (Å²) >= 11 is 0.710. The second-order valence-corrected chi connectivity index (χ2v) is 3.65. The third-order valence-corrected chi connectivity index (χ3v) is 2.21. The van der Waals surface area contributed by atoms with Crippen LogP contribution in [0, 0.1) is 0 Å². The first-order valence-corrected chi connectivity index (χ1v) is 5.08. The van der Waals surface area contributed by atoms with Crippen LogP contribution in [0.2, 0.25) is 0 Å². The summed E-state index contributed by atoms with van der Waals surface area (Å²) in [7, 11) is 0. The molecule has 0 aliphatic rings. The van der Waals surface area contributed by atoms with E-state index in [0.29, 0.717) is 17.4 Å². The molecule has 0 atom stereocenters. The van der Waals surface area contributed by atoms with Crippen LogP contribution in [-0.4, -0.2) is 22.0 Å². The molecule has 15 heavy (non-hydrogen) atoms. The third-order valence-electron chi connectivity index (χ3n) is 1.52. The van der Waals surface area contributed by atoms with E-state index in [0.717, 1.165) is 0 Å². The van der Waals surface area contributed by atoms with Gasteiger partial charge in [0, 0.05) is 0 Å². The van der Waals surface area contributed by atoms with Gasteiger partial charge in [0.2, 0.25) is 5.91 Å². The summed E-state index contributed by atoms with van der Waals surface area (Å²) in [5.41, 5.74) is 5.17. The Bertz CT molecular complexity index is 381. The fraction of sp³-hybridized carbons (Fsp3) is 0.111. The van der Waals surface area contributed by atoms with Crippen molar-refractivity contribution < 1.29 is 14.7 Å². The molecular weight excluding hydrogens is 216 g/mol. The van der Waals surface area contributed by atoms with Crippen molar-refractivity contribution in [2.45, 2.75) is 0 Å². The van der Waals surface area contributed by atoms with Crippen LogP contribution in [0.5, 0.6) is 5.75 Å². The first-order valence-electron chi connectivity index (χ1n) is 4.09. The number of amides is 2. The first-order chi connectivity index (χ1) is 7.09. The number of aromatic hydroxyl groups is 1. The molecule has 0 fully saturated rings. The molecule has 1 aromatic carbocycles. The Morgan fingerprint density at radius 2 is 2.07 bits per heavy atom. The largest absolute Gasteiger partial charge is 0.506 e. The Morgan fingerprint density at radius 3 is 2.67 bits per heavy atom. The minimum absolute atomic E-state index is 0.0186. The molecule has 1 rings (SSSR count). The predicted molar refractivity (Wildman–Crippen MR) is 58.8 cm³/mol. The van der Waals surface area contributed by atoms with Crippen molar-refractivity contribution in [3.05, 3.63) is 24.3 Å². The summed E-state index contributed by atoms with van der Waals surface area (Å²) in [5.74, 6) is -0.473. The minimum Gasteiger partial charge on any atom is -0.506 e. The number of anilines is 1. The van der Waals surface area contributed by atoms with Gasteiger partial charge in [-0.15, -0.1) is 0 Å². The van der Waals surface area contributed by atoms with Crippen molar-refractivity contribution in [3.63, 3.8) is 0 Å². The molecular formula is C9H10N2O3S. The van der Waals surface area contributed by atoms with Crippen LogP contribution >= 0.6 is 11.8 Å². The number of hydrogen-bond acceptors (Lipinski definition) is 4. The van der Waals surface area contributed by atoms with E-state index in [9.17, 15) is 14.7 Å². The Balaban J connectivity index is 2.52. The summed E-state index contributed by atoms with van der Waals surface area (Å²) in [5, 5.41) is 11.2. The number of nitrogens with two attached hydrogens (primary N) is 1. The molecule has 0 aliphatic heterocycles. The molecule has 0 unspecified atom stereocenters. The molecule has 0 aliphatic carbocycles. The molecule has 80 valence electrons. The third kappa shape index (κ3) is 3.90. The second-order valence-electron chi connectivity index (χ2n) is 2.67. The van der Waals surface area contributed by atoms with Crippen molar-refractivity contribution in [1.29, 1.82) is 0 Å². The summed E-state index contributed by atoms with van der Waals surface area (Å²) in [6.07, 6.45) is 0. The molecule has 0 spiro atoms. The van der Waals surface area contributed by atoms with Gasteiger partial charge in [0.25, 0.3) is 5.24 Å². The fourth-order valence-electron chi connectivity index (χ4n) is 0.902. The van der Waals surface area contributed by atoms with Crippen molar-refractivity contribution in [1.82, 2.24) is 0 Å². The van der Waals surface area contributed by atoms with Gasteiger partial charge in [-0.2, -0.15) is 0 Å². The van der Waals surface area contributed by atoms with Crippen LogP contribution in [0.4, 0.5) is 10.5 Å². The maximum Gasteiger partial charge on any atom is 0.276 e. The highest BCUT2D eigenvalue weighted by Gasteiger charge is 2.07. The molecule has 0 saturated heterocycles. The zero-order valence-corrected chi connectivity index (χ0v) is 8.58. The first kappa shape index (κ1) is 11.4. The number of carbonyl (C=O) groups excluding carboxylic acids is 2. The number of primary amides is 1. The van der Waals surface area contributed by atoms with Gasteiger partial charge in [0.05, 0.1) is 11.4 Å². The lowest BCUT2D eigenvalue weighted by molar-refractivity contribution is -0.113. The van der Waals surface area contributed by atoms with Crippen molar-refractivity contribution in [2.75, 3.05) is 11.1 Å². The number of para-hydroxylation sites is 2. The lowest BCUT2D eigenvalue weighted by Crippen LogP contribution is -2.16. The number of carbonyl (C=O) groups is 2. The number of hydrogen-bond donors (Lipinski definition) is 3. The number of phenolic OH excluding ortho intramolecular Hbond substituents is 1. The number of nitrogens with one attached hydrogen (secondary N) is 1. The van der Waals surface area contributed by atoms with Crippen LogP contribution in [0.25, 0.3) is 0 Å². The molecule has 5 nitrogen and oxygen atoms in total. The molecule has 6 heteroatoms. The topological polar surface area (TPSA) is 92.4 Å². The van der Waals surface area contributed by atoms with Crippen molar-refractivity contribution in [3.8, 4) is 5.75 Å². The lowest BCUT2D eigenvalue weighted by atomic mass is 10.3. The van der Waals surface area contributed by atoms with Gasteiger partial charge < -0.3 is 16.2 Å². The smallest absolute Gasteiger partial charge is 0.276 e. The van der Waals surface area contributed by atoms with E-state index in [-0.39, 0.29) is 17.4 Å². The van der Waals surface area contributed by atoms with E-state index in [2.05, 4.69) is 5.32 Å². The highest BCUT2D eigenvalue weighted by molar-refractivity contribution is 8.14. The van der Waals surface area contributed by atoms with E-state index in [1.165, 1.54) is 6.07 Å². The van der Waals surface area contributed by atoms with Gasteiger partial charge >= 0.3 is 0 Å². The van der Waals surface area contributed by atoms with Crippen LogP contribution in [0.3, 0.4) is 0 Å². The summed E-state index contributed by atoms with van der Waals surface area (Å²) in [6.45, 7) is 0. The summed E-state index contributed by atoms with van der Waals surface area (Å²) < 4.78 is 0. The number of rotatable bonds is 3.